The number of fused-ring (bicyclic) bond motifs is 2. The summed E-state index contributed by atoms with van der Waals surface area (Å²) < 4.78 is 18.2. The highest BCUT2D eigenvalue weighted by Gasteiger charge is 2.24. The second kappa shape index (κ2) is 7.42. The predicted molar refractivity (Wildman–Crippen MR) is 115 cm³/mol. The number of pyridine rings is 1. The van der Waals surface area contributed by atoms with Crippen molar-refractivity contribution in [3.63, 3.8) is 0 Å². The zero-order valence-corrected chi connectivity index (χ0v) is 17.8. The molecular formula is C22H24FN7O. The van der Waals surface area contributed by atoms with Gasteiger partial charge in [0.05, 0.1) is 29.7 Å². The first-order chi connectivity index (χ1) is 14.9. The number of amides is 1. The first-order valence-corrected chi connectivity index (χ1v) is 10.4. The molecule has 4 aromatic heterocycles. The molecule has 8 nitrogen and oxygen atoms in total. The van der Waals surface area contributed by atoms with Crippen molar-refractivity contribution in [2.75, 3.05) is 25.5 Å². The standard InChI is InChI=1S/C22H24FN7O/c1-13-7-18(27-30-9-14(2)24-20(13)30)16-8-17(23)21-25-19(12-29(21)11-16)26-22(31)15-5-4-6-28(3)10-15/h7-9,11-12,15H,4-6,10H2,1-3H3,(H,26,31)/t15-/m0/s1. The van der Waals surface area contributed by atoms with Crippen LogP contribution in [0.2, 0.25) is 0 Å². The van der Waals surface area contributed by atoms with Crippen LogP contribution in [-0.4, -0.2) is 54.9 Å². The third-order valence-corrected chi connectivity index (χ3v) is 5.78. The molecule has 160 valence electrons. The van der Waals surface area contributed by atoms with E-state index in [0.29, 0.717) is 17.1 Å². The van der Waals surface area contributed by atoms with Gasteiger partial charge in [0.25, 0.3) is 0 Å². The van der Waals surface area contributed by atoms with E-state index in [-0.39, 0.29) is 17.5 Å². The molecular weight excluding hydrogens is 397 g/mol. The number of hydrogen-bond acceptors (Lipinski definition) is 5. The Balaban J connectivity index is 1.46. The van der Waals surface area contributed by atoms with Crippen molar-refractivity contribution in [3.8, 4) is 11.3 Å². The molecule has 1 amide bonds. The van der Waals surface area contributed by atoms with E-state index < -0.39 is 5.82 Å². The van der Waals surface area contributed by atoms with E-state index in [4.69, 9.17) is 0 Å². The van der Waals surface area contributed by atoms with Crippen LogP contribution in [0.3, 0.4) is 0 Å². The highest BCUT2D eigenvalue weighted by Crippen LogP contribution is 2.25. The van der Waals surface area contributed by atoms with Crippen LogP contribution in [0.25, 0.3) is 22.6 Å². The lowest BCUT2D eigenvalue weighted by molar-refractivity contribution is -0.121. The van der Waals surface area contributed by atoms with Gasteiger partial charge in [-0.15, -0.1) is 0 Å². The quantitative estimate of drug-likeness (QED) is 0.550. The zero-order chi connectivity index (χ0) is 21.7. The third-order valence-electron chi connectivity index (χ3n) is 5.78. The number of anilines is 1. The Kier molecular flexibility index (Phi) is 4.70. The SMILES string of the molecule is Cc1cn2nc(-c3cc(F)c4nc(NC(=O)[C@H]5CCCN(C)C5)cn4c3)cc(C)c2n1. The highest BCUT2D eigenvalue weighted by molar-refractivity contribution is 5.92. The molecule has 5 heterocycles. The maximum Gasteiger partial charge on any atom is 0.229 e. The summed E-state index contributed by atoms with van der Waals surface area (Å²) in [6.45, 7) is 5.59. The van der Waals surface area contributed by atoms with Gasteiger partial charge >= 0.3 is 0 Å². The maximum atomic E-state index is 14.9. The van der Waals surface area contributed by atoms with Crippen molar-refractivity contribution in [1.29, 1.82) is 0 Å². The summed E-state index contributed by atoms with van der Waals surface area (Å²) in [6.07, 6.45) is 7.09. The Morgan fingerprint density at radius 3 is 2.81 bits per heavy atom. The molecule has 1 saturated heterocycles. The molecule has 31 heavy (non-hydrogen) atoms. The van der Waals surface area contributed by atoms with Crippen molar-refractivity contribution in [3.05, 3.63) is 47.8 Å². The molecule has 1 fully saturated rings. The molecule has 1 aliphatic heterocycles. The smallest absolute Gasteiger partial charge is 0.229 e. The lowest BCUT2D eigenvalue weighted by Gasteiger charge is -2.28. The number of carbonyl (C=O) groups excluding carboxylic acids is 1. The monoisotopic (exact) mass is 421 g/mol. The van der Waals surface area contributed by atoms with Crippen molar-refractivity contribution in [1.82, 2.24) is 28.9 Å². The van der Waals surface area contributed by atoms with Gasteiger partial charge in [0, 0.05) is 18.3 Å². The lowest BCUT2D eigenvalue weighted by Crippen LogP contribution is -2.38. The van der Waals surface area contributed by atoms with Crippen molar-refractivity contribution >= 4 is 23.0 Å². The molecule has 1 aliphatic rings. The summed E-state index contributed by atoms with van der Waals surface area (Å²) in [6, 6.07) is 3.31. The molecule has 0 aliphatic carbocycles. The van der Waals surface area contributed by atoms with Crippen LogP contribution in [0.4, 0.5) is 10.2 Å². The average molecular weight is 421 g/mol. The topological polar surface area (TPSA) is 79.8 Å². The number of piperidine rings is 1. The van der Waals surface area contributed by atoms with E-state index in [0.717, 1.165) is 42.8 Å². The van der Waals surface area contributed by atoms with Gasteiger partial charge in [0.15, 0.2) is 22.9 Å². The average Bonchev–Trinajstić information content (AvgIpc) is 3.30. The Hall–Kier alpha value is -3.33. The molecule has 0 saturated carbocycles. The molecule has 5 rings (SSSR count). The summed E-state index contributed by atoms with van der Waals surface area (Å²) in [5, 5.41) is 7.43. The first kappa shape index (κ1) is 19.6. The summed E-state index contributed by atoms with van der Waals surface area (Å²) >= 11 is 0. The fourth-order valence-corrected chi connectivity index (χ4v) is 4.25. The van der Waals surface area contributed by atoms with Gasteiger partial charge in [-0.2, -0.15) is 5.10 Å². The van der Waals surface area contributed by atoms with Gasteiger partial charge in [-0.05, 0) is 58.0 Å². The normalized spacial score (nSPS) is 17.5. The van der Waals surface area contributed by atoms with Crippen molar-refractivity contribution < 1.29 is 9.18 Å². The Morgan fingerprint density at radius 1 is 1.16 bits per heavy atom. The number of imidazole rings is 2. The molecule has 0 unspecified atom stereocenters. The van der Waals surface area contributed by atoms with Crippen LogP contribution in [0.1, 0.15) is 24.1 Å². The Morgan fingerprint density at radius 2 is 2.00 bits per heavy atom. The van der Waals surface area contributed by atoms with E-state index in [1.54, 1.807) is 21.3 Å². The van der Waals surface area contributed by atoms with Crippen LogP contribution in [0, 0.1) is 25.6 Å². The van der Waals surface area contributed by atoms with E-state index >= 15 is 0 Å². The van der Waals surface area contributed by atoms with Crippen molar-refractivity contribution in [2.24, 2.45) is 5.92 Å². The van der Waals surface area contributed by atoms with E-state index in [9.17, 15) is 9.18 Å². The second-order valence-corrected chi connectivity index (χ2v) is 8.39. The van der Waals surface area contributed by atoms with E-state index in [2.05, 4.69) is 25.3 Å². The fourth-order valence-electron chi connectivity index (χ4n) is 4.25. The van der Waals surface area contributed by atoms with Gasteiger partial charge in [-0.25, -0.2) is 18.9 Å². The minimum atomic E-state index is -0.475. The summed E-state index contributed by atoms with van der Waals surface area (Å²) in [5.74, 6) is -0.286. The van der Waals surface area contributed by atoms with Crippen LogP contribution < -0.4 is 5.32 Å². The Bertz CT molecular complexity index is 1310. The molecule has 0 spiro atoms. The van der Waals surface area contributed by atoms with E-state index in [1.165, 1.54) is 6.07 Å². The van der Waals surface area contributed by atoms with Gasteiger partial charge < -0.3 is 14.6 Å². The lowest BCUT2D eigenvalue weighted by atomic mass is 9.98. The molecule has 0 aromatic carbocycles. The number of aryl methyl sites for hydroxylation is 2. The molecule has 4 aromatic rings. The number of carbonyl (C=O) groups is 1. The first-order valence-electron chi connectivity index (χ1n) is 10.4. The van der Waals surface area contributed by atoms with Crippen LogP contribution in [-0.2, 0) is 4.79 Å². The number of aromatic nitrogens is 5. The number of nitrogens with zero attached hydrogens (tertiary/aromatic N) is 6. The predicted octanol–water partition coefficient (Wildman–Crippen LogP) is 3.08. The minimum Gasteiger partial charge on any atom is -0.309 e. The third kappa shape index (κ3) is 3.65. The summed E-state index contributed by atoms with van der Waals surface area (Å²) in [5.41, 5.74) is 4.02. The molecule has 0 radical (unpaired) electrons. The van der Waals surface area contributed by atoms with E-state index in [1.807, 2.05) is 33.2 Å². The fraction of sp³-hybridized carbons (Fsp3) is 0.364. The molecule has 9 heteroatoms. The Labute approximate surface area is 178 Å². The van der Waals surface area contributed by atoms with Gasteiger partial charge in [0.2, 0.25) is 5.91 Å². The number of nitrogens with one attached hydrogen (secondary N) is 1. The second-order valence-electron chi connectivity index (χ2n) is 8.39. The number of rotatable bonds is 3. The van der Waals surface area contributed by atoms with Crippen LogP contribution in [0.5, 0.6) is 0 Å². The number of likely N-dealkylation sites (tertiary alicyclic amines) is 1. The summed E-state index contributed by atoms with van der Waals surface area (Å²) in [4.78, 5) is 23.5. The minimum absolute atomic E-state index is 0.0752. The maximum absolute atomic E-state index is 14.9. The molecule has 0 bridgehead atoms. The van der Waals surface area contributed by atoms with Crippen LogP contribution in [0.15, 0.2) is 30.7 Å². The summed E-state index contributed by atoms with van der Waals surface area (Å²) in [7, 11) is 2.01. The highest BCUT2D eigenvalue weighted by atomic mass is 19.1. The molecule has 1 atom stereocenters. The van der Waals surface area contributed by atoms with Crippen LogP contribution >= 0.6 is 0 Å². The number of halogens is 1. The molecule has 1 N–H and O–H groups in total. The van der Waals surface area contributed by atoms with Gasteiger partial charge in [0.1, 0.15) is 0 Å². The van der Waals surface area contributed by atoms with Gasteiger partial charge in [-0.1, -0.05) is 0 Å². The van der Waals surface area contributed by atoms with Crippen molar-refractivity contribution in [2.45, 2.75) is 26.7 Å². The number of hydrogen-bond donors (Lipinski definition) is 1. The van der Waals surface area contributed by atoms with Gasteiger partial charge in [-0.3, -0.25) is 4.79 Å². The zero-order valence-electron chi connectivity index (χ0n) is 17.8. The largest absolute Gasteiger partial charge is 0.309 e.